The molecular weight excluding hydrogens is 238 g/mol. The van der Waals surface area contributed by atoms with Crippen LogP contribution in [-0.2, 0) is 7.05 Å². The van der Waals surface area contributed by atoms with E-state index in [1.807, 2.05) is 30.2 Å². The molecule has 0 amide bonds. The lowest BCUT2D eigenvalue weighted by molar-refractivity contribution is 0.398. The second-order valence-electron chi connectivity index (χ2n) is 5.43. The number of aryl methyl sites for hydroxylation is 1. The van der Waals surface area contributed by atoms with Crippen LogP contribution >= 0.6 is 0 Å². The van der Waals surface area contributed by atoms with Gasteiger partial charge in [0, 0.05) is 31.9 Å². The van der Waals surface area contributed by atoms with E-state index in [2.05, 4.69) is 21.8 Å². The maximum atomic E-state index is 5.95. The van der Waals surface area contributed by atoms with E-state index in [9.17, 15) is 0 Å². The number of anilines is 1. The van der Waals surface area contributed by atoms with Gasteiger partial charge in [-0.3, -0.25) is 0 Å². The minimum Gasteiger partial charge on any atom is -0.348 e. The summed E-state index contributed by atoms with van der Waals surface area (Å²) in [7, 11) is 2.01. The van der Waals surface area contributed by atoms with Gasteiger partial charge in [-0.2, -0.15) is 0 Å². The standard InChI is InChI=1S/C14H21N5/c1-10-4-3-5-11(8-15)19(10)14-13-12(6-7-16-14)18(2)9-17-13/h6-7,9-11H,3-5,8,15H2,1-2H3. The number of pyridine rings is 1. The highest BCUT2D eigenvalue weighted by molar-refractivity contribution is 5.86. The van der Waals surface area contributed by atoms with Crippen molar-refractivity contribution in [3.63, 3.8) is 0 Å². The number of aromatic nitrogens is 3. The molecule has 0 spiro atoms. The normalized spacial score (nSPS) is 24.1. The monoisotopic (exact) mass is 259 g/mol. The number of imidazole rings is 1. The summed E-state index contributed by atoms with van der Waals surface area (Å²) in [6.07, 6.45) is 7.31. The second-order valence-corrected chi connectivity index (χ2v) is 5.43. The number of fused-ring (bicyclic) bond motifs is 1. The van der Waals surface area contributed by atoms with Crippen molar-refractivity contribution >= 4 is 16.9 Å². The molecule has 2 atom stereocenters. The zero-order valence-corrected chi connectivity index (χ0v) is 11.6. The van der Waals surface area contributed by atoms with E-state index in [1.54, 1.807) is 0 Å². The predicted octanol–water partition coefficient (Wildman–Crippen LogP) is 1.67. The fraction of sp³-hybridized carbons (Fsp3) is 0.571. The smallest absolute Gasteiger partial charge is 0.157 e. The van der Waals surface area contributed by atoms with Crippen LogP contribution in [0.3, 0.4) is 0 Å². The Kier molecular flexibility index (Phi) is 3.14. The van der Waals surface area contributed by atoms with E-state index in [4.69, 9.17) is 5.73 Å². The maximum absolute atomic E-state index is 5.95. The van der Waals surface area contributed by atoms with Crippen LogP contribution in [0.5, 0.6) is 0 Å². The lowest BCUT2D eigenvalue weighted by Crippen LogP contribution is -2.49. The molecule has 5 heteroatoms. The number of piperidine rings is 1. The topological polar surface area (TPSA) is 60.0 Å². The van der Waals surface area contributed by atoms with Crippen LogP contribution in [0, 0.1) is 0 Å². The molecule has 0 aliphatic carbocycles. The molecule has 1 aliphatic heterocycles. The summed E-state index contributed by atoms with van der Waals surface area (Å²) in [5, 5.41) is 0. The van der Waals surface area contributed by atoms with Gasteiger partial charge in [-0.05, 0) is 32.3 Å². The molecule has 0 radical (unpaired) electrons. The lowest BCUT2D eigenvalue weighted by Gasteiger charge is -2.41. The fourth-order valence-corrected chi connectivity index (χ4v) is 3.14. The van der Waals surface area contributed by atoms with Crippen molar-refractivity contribution in [2.24, 2.45) is 12.8 Å². The van der Waals surface area contributed by atoms with Crippen LogP contribution in [0.25, 0.3) is 11.0 Å². The molecule has 102 valence electrons. The first kappa shape index (κ1) is 12.4. The molecule has 3 rings (SSSR count). The first-order chi connectivity index (χ1) is 9.22. The van der Waals surface area contributed by atoms with Gasteiger partial charge in [-0.25, -0.2) is 9.97 Å². The van der Waals surface area contributed by atoms with Gasteiger partial charge in [0.2, 0.25) is 0 Å². The van der Waals surface area contributed by atoms with Crippen LogP contribution in [0.2, 0.25) is 0 Å². The van der Waals surface area contributed by atoms with E-state index >= 15 is 0 Å². The summed E-state index contributed by atoms with van der Waals surface area (Å²) >= 11 is 0. The molecule has 2 aromatic heterocycles. The first-order valence-electron chi connectivity index (χ1n) is 6.96. The summed E-state index contributed by atoms with van der Waals surface area (Å²) in [6, 6.07) is 2.86. The first-order valence-corrected chi connectivity index (χ1v) is 6.96. The highest BCUT2D eigenvalue weighted by atomic mass is 15.3. The molecule has 0 aromatic carbocycles. The predicted molar refractivity (Wildman–Crippen MR) is 77.1 cm³/mol. The summed E-state index contributed by atoms with van der Waals surface area (Å²) in [6.45, 7) is 2.93. The number of rotatable bonds is 2. The third-order valence-electron chi connectivity index (χ3n) is 4.17. The summed E-state index contributed by atoms with van der Waals surface area (Å²) in [5.41, 5.74) is 8.05. The minimum atomic E-state index is 0.379. The molecule has 2 N–H and O–H groups in total. The summed E-state index contributed by atoms with van der Waals surface area (Å²) in [5.74, 6) is 0.987. The van der Waals surface area contributed by atoms with Crippen LogP contribution in [0.4, 0.5) is 5.82 Å². The molecule has 1 saturated heterocycles. The van der Waals surface area contributed by atoms with Gasteiger partial charge >= 0.3 is 0 Å². The van der Waals surface area contributed by atoms with Crippen LogP contribution < -0.4 is 10.6 Å². The largest absolute Gasteiger partial charge is 0.348 e. The number of nitrogens with two attached hydrogens (primary N) is 1. The minimum absolute atomic E-state index is 0.379. The molecule has 0 saturated carbocycles. The average molecular weight is 259 g/mol. The average Bonchev–Trinajstić information content (AvgIpc) is 2.80. The van der Waals surface area contributed by atoms with Crippen molar-refractivity contribution in [1.29, 1.82) is 0 Å². The molecule has 0 bridgehead atoms. The molecule has 19 heavy (non-hydrogen) atoms. The zero-order chi connectivity index (χ0) is 13.4. The molecule has 2 aromatic rings. The number of nitrogens with zero attached hydrogens (tertiary/aromatic N) is 4. The zero-order valence-electron chi connectivity index (χ0n) is 11.6. The van der Waals surface area contributed by atoms with Gasteiger partial charge in [-0.15, -0.1) is 0 Å². The summed E-state index contributed by atoms with van der Waals surface area (Å²) in [4.78, 5) is 11.5. The van der Waals surface area contributed by atoms with Gasteiger partial charge in [0.1, 0.15) is 5.52 Å². The molecule has 1 fully saturated rings. The Hall–Kier alpha value is -1.62. The van der Waals surface area contributed by atoms with Crippen LogP contribution in [0.15, 0.2) is 18.6 Å². The van der Waals surface area contributed by atoms with E-state index in [0.29, 0.717) is 18.6 Å². The second kappa shape index (κ2) is 4.81. The van der Waals surface area contributed by atoms with Gasteiger partial charge < -0.3 is 15.2 Å². The molecule has 3 heterocycles. The molecular formula is C14H21N5. The highest BCUT2D eigenvalue weighted by Gasteiger charge is 2.29. The van der Waals surface area contributed by atoms with Gasteiger partial charge in [-0.1, -0.05) is 0 Å². The van der Waals surface area contributed by atoms with Crippen molar-refractivity contribution in [3.8, 4) is 0 Å². The quantitative estimate of drug-likeness (QED) is 0.891. The van der Waals surface area contributed by atoms with Crippen molar-refractivity contribution in [2.75, 3.05) is 11.4 Å². The summed E-state index contributed by atoms with van der Waals surface area (Å²) < 4.78 is 2.03. The SMILES string of the molecule is CC1CCCC(CN)N1c1nccc2c1ncn2C. The Balaban J connectivity index is 2.11. The number of hydrogen-bond donors (Lipinski definition) is 1. The van der Waals surface area contributed by atoms with Crippen molar-refractivity contribution in [2.45, 2.75) is 38.3 Å². The Morgan fingerprint density at radius 3 is 3.00 bits per heavy atom. The van der Waals surface area contributed by atoms with Crippen molar-refractivity contribution < 1.29 is 0 Å². The van der Waals surface area contributed by atoms with Gasteiger partial charge in [0.05, 0.1) is 11.8 Å². The van der Waals surface area contributed by atoms with E-state index in [-0.39, 0.29) is 0 Å². The third-order valence-corrected chi connectivity index (χ3v) is 4.17. The van der Waals surface area contributed by atoms with Crippen molar-refractivity contribution in [3.05, 3.63) is 18.6 Å². The Bertz CT molecular complexity index is 576. The molecule has 2 unspecified atom stereocenters. The Morgan fingerprint density at radius 1 is 1.37 bits per heavy atom. The van der Waals surface area contributed by atoms with E-state index < -0.39 is 0 Å². The van der Waals surface area contributed by atoms with Gasteiger partial charge in [0.15, 0.2) is 5.82 Å². The Labute approximate surface area is 113 Å². The highest BCUT2D eigenvalue weighted by Crippen LogP contribution is 2.31. The van der Waals surface area contributed by atoms with E-state index in [0.717, 1.165) is 23.3 Å². The maximum Gasteiger partial charge on any atom is 0.157 e. The Morgan fingerprint density at radius 2 is 2.21 bits per heavy atom. The fourth-order valence-electron chi connectivity index (χ4n) is 3.14. The van der Waals surface area contributed by atoms with Gasteiger partial charge in [0.25, 0.3) is 0 Å². The lowest BCUT2D eigenvalue weighted by atomic mass is 9.96. The molecule has 1 aliphatic rings. The molecule has 5 nitrogen and oxygen atoms in total. The number of hydrogen-bond acceptors (Lipinski definition) is 4. The third kappa shape index (κ3) is 1.98. The van der Waals surface area contributed by atoms with E-state index in [1.165, 1.54) is 12.8 Å². The van der Waals surface area contributed by atoms with Crippen molar-refractivity contribution in [1.82, 2.24) is 14.5 Å². The van der Waals surface area contributed by atoms with Crippen LogP contribution in [0.1, 0.15) is 26.2 Å². The van der Waals surface area contributed by atoms with Crippen LogP contribution in [-0.4, -0.2) is 33.2 Å².